The standard InChI is InChI=1S/C11H12N2O3/c1-15-4-5-16-11(14)10-9-2-3-12-6-8(9)7-13-10/h2-3,6-7,13H,4-5H2,1H3. The molecule has 2 aromatic rings. The quantitative estimate of drug-likeness (QED) is 0.624. The first-order valence-electron chi connectivity index (χ1n) is 4.90. The number of esters is 1. The van der Waals surface area contributed by atoms with Gasteiger partial charge in [-0.2, -0.15) is 0 Å². The number of methoxy groups -OCH3 is 1. The summed E-state index contributed by atoms with van der Waals surface area (Å²) in [5, 5.41) is 1.71. The second-order valence-corrected chi connectivity index (χ2v) is 3.26. The maximum absolute atomic E-state index is 11.7. The highest BCUT2D eigenvalue weighted by molar-refractivity contribution is 6.03. The van der Waals surface area contributed by atoms with E-state index in [4.69, 9.17) is 9.47 Å². The number of nitrogens with zero attached hydrogens (tertiary/aromatic N) is 1. The highest BCUT2D eigenvalue weighted by Gasteiger charge is 2.12. The molecule has 0 atom stereocenters. The first kappa shape index (κ1) is 10.6. The maximum Gasteiger partial charge on any atom is 0.355 e. The van der Waals surface area contributed by atoms with Crippen LogP contribution in [0.5, 0.6) is 0 Å². The number of carbonyl (C=O) groups excluding carboxylic acids is 1. The minimum atomic E-state index is -0.377. The van der Waals surface area contributed by atoms with Crippen LogP contribution in [0.2, 0.25) is 0 Å². The molecule has 2 rings (SSSR count). The number of H-pyrrole nitrogens is 1. The molecule has 2 aromatic heterocycles. The highest BCUT2D eigenvalue weighted by atomic mass is 16.6. The fourth-order valence-corrected chi connectivity index (χ4v) is 1.44. The second kappa shape index (κ2) is 4.76. The predicted molar refractivity (Wildman–Crippen MR) is 58.3 cm³/mol. The maximum atomic E-state index is 11.7. The van der Waals surface area contributed by atoms with Crippen LogP contribution in [0.3, 0.4) is 0 Å². The lowest BCUT2D eigenvalue weighted by Gasteiger charge is -2.02. The molecule has 16 heavy (non-hydrogen) atoms. The van der Waals surface area contributed by atoms with Crippen LogP contribution < -0.4 is 0 Å². The van der Waals surface area contributed by atoms with E-state index in [-0.39, 0.29) is 12.6 Å². The molecule has 5 heteroatoms. The van der Waals surface area contributed by atoms with Crippen LogP contribution in [0.15, 0.2) is 24.7 Å². The number of rotatable bonds is 4. The predicted octanol–water partition coefficient (Wildman–Crippen LogP) is 1.37. The third-order valence-electron chi connectivity index (χ3n) is 2.22. The van der Waals surface area contributed by atoms with Gasteiger partial charge >= 0.3 is 5.97 Å². The van der Waals surface area contributed by atoms with E-state index in [9.17, 15) is 4.79 Å². The topological polar surface area (TPSA) is 64.2 Å². The number of pyridine rings is 1. The lowest BCUT2D eigenvalue weighted by Crippen LogP contribution is -2.10. The zero-order chi connectivity index (χ0) is 11.4. The molecule has 2 heterocycles. The highest BCUT2D eigenvalue weighted by Crippen LogP contribution is 2.17. The number of nitrogens with one attached hydrogen (secondary N) is 1. The van der Waals surface area contributed by atoms with Crippen LogP contribution in [0.25, 0.3) is 10.8 Å². The van der Waals surface area contributed by atoms with Crippen LogP contribution >= 0.6 is 0 Å². The molecule has 0 radical (unpaired) electrons. The SMILES string of the molecule is COCCOC(=O)c1[nH]cc2cnccc12. The molecule has 0 aliphatic rings. The number of fused-ring (bicyclic) bond motifs is 1. The van der Waals surface area contributed by atoms with Gasteiger partial charge in [0.15, 0.2) is 0 Å². The third-order valence-corrected chi connectivity index (χ3v) is 2.22. The first-order valence-corrected chi connectivity index (χ1v) is 4.90. The van der Waals surface area contributed by atoms with Crippen molar-refractivity contribution in [2.75, 3.05) is 20.3 Å². The van der Waals surface area contributed by atoms with Gasteiger partial charge in [-0.3, -0.25) is 4.98 Å². The summed E-state index contributed by atoms with van der Waals surface area (Å²) in [7, 11) is 1.56. The Kier molecular flexibility index (Phi) is 3.16. The fourth-order valence-electron chi connectivity index (χ4n) is 1.44. The molecule has 1 N–H and O–H groups in total. The molecule has 0 aromatic carbocycles. The Morgan fingerprint density at radius 2 is 2.38 bits per heavy atom. The summed E-state index contributed by atoms with van der Waals surface area (Å²) in [4.78, 5) is 18.5. The molecule has 0 amide bonds. The lowest BCUT2D eigenvalue weighted by molar-refractivity contribution is 0.0384. The summed E-state index contributed by atoms with van der Waals surface area (Å²) in [6, 6.07) is 1.78. The van der Waals surface area contributed by atoms with Crippen molar-refractivity contribution >= 4 is 16.7 Å². The Bertz CT molecular complexity index is 493. The van der Waals surface area contributed by atoms with Crippen molar-refractivity contribution in [3.8, 4) is 0 Å². The summed E-state index contributed by atoms with van der Waals surface area (Å²) in [5.74, 6) is -0.377. The summed E-state index contributed by atoms with van der Waals surface area (Å²) >= 11 is 0. The van der Waals surface area contributed by atoms with Crippen LogP contribution in [0, 0.1) is 0 Å². The number of hydrogen-bond donors (Lipinski definition) is 1. The Balaban J connectivity index is 2.17. The molecule has 0 saturated carbocycles. The normalized spacial score (nSPS) is 10.6. The largest absolute Gasteiger partial charge is 0.459 e. The molecule has 0 spiro atoms. The van der Waals surface area contributed by atoms with Crippen LogP contribution in [0.1, 0.15) is 10.5 Å². The number of aromatic nitrogens is 2. The second-order valence-electron chi connectivity index (χ2n) is 3.26. The molecule has 0 fully saturated rings. The van der Waals surface area contributed by atoms with Crippen molar-refractivity contribution in [1.29, 1.82) is 0 Å². The lowest BCUT2D eigenvalue weighted by atomic mass is 10.2. The third kappa shape index (κ3) is 2.04. The van der Waals surface area contributed by atoms with Gasteiger partial charge in [0.2, 0.25) is 0 Å². The monoisotopic (exact) mass is 220 g/mol. The first-order chi connectivity index (χ1) is 7.83. The Hall–Kier alpha value is -1.88. The Morgan fingerprint density at radius 3 is 3.19 bits per heavy atom. The van der Waals surface area contributed by atoms with Gasteiger partial charge in [0, 0.05) is 36.5 Å². The van der Waals surface area contributed by atoms with E-state index in [1.807, 2.05) is 0 Å². The minimum absolute atomic E-state index is 0.251. The molecule has 0 saturated heterocycles. The summed E-state index contributed by atoms with van der Waals surface area (Å²) in [6.45, 7) is 0.646. The summed E-state index contributed by atoms with van der Waals surface area (Å²) in [5.41, 5.74) is 0.452. The van der Waals surface area contributed by atoms with E-state index in [0.29, 0.717) is 12.3 Å². The van der Waals surface area contributed by atoms with E-state index >= 15 is 0 Å². The minimum Gasteiger partial charge on any atom is -0.459 e. The number of carbonyl (C=O) groups is 1. The number of aromatic amines is 1. The van der Waals surface area contributed by atoms with Crippen molar-refractivity contribution in [2.45, 2.75) is 0 Å². The molecule has 5 nitrogen and oxygen atoms in total. The van der Waals surface area contributed by atoms with Crippen molar-refractivity contribution in [2.24, 2.45) is 0 Å². The van der Waals surface area contributed by atoms with Crippen molar-refractivity contribution in [3.63, 3.8) is 0 Å². The van der Waals surface area contributed by atoms with E-state index in [0.717, 1.165) is 10.8 Å². The molecule has 0 aliphatic heterocycles. The zero-order valence-electron chi connectivity index (χ0n) is 8.90. The van der Waals surface area contributed by atoms with Gasteiger partial charge in [0.1, 0.15) is 12.3 Å². The number of hydrogen-bond acceptors (Lipinski definition) is 4. The van der Waals surface area contributed by atoms with Crippen molar-refractivity contribution in [1.82, 2.24) is 9.97 Å². The van der Waals surface area contributed by atoms with E-state index in [2.05, 4.69) is 9.97 Å². The van der Waals surface area contributed by atoms with Gasteiger partial charge in [-0.1, -0.05) is 0 Å². The van der Waals surface area contributed by atoms with Crippen LogP contribution in [-0.2, 0) is 9.47 Å². The van der Waals surface area contributed by atoms with Gasteiger partial charge in [-0.25, -0.2) is 4.79 Å². The Labute approximate surface area is 92.4 Å². The molecular weight excluding hydrogens is 208 g/mol. The van der Waals surface area contributed by atoms with E-state index in [1.165, 1.54) is 0 Å². The molecule has 0 aliphatic carbocycles. The summed E-state index contributed by atoms with van der Waals surface area (Å²) < 4.78 is 9.82. The average molecular weight is 220 g/mol. The van der Waals surface area contributed by atoms with Gasteiger partial charge in [0.05, 0.1) is 6.61 Å². The van der Waals surface area contributed by atoms with Gasteiger partial charge in [-0.05, 0) is 6.07 Å². The van der Waals surface area contributed by atoms with Gasteiger partial charge < -0.3 is 14.5 Å². The molecular formula is C11H12N2O3. The molecule has 0 bridgehead atoms. The average Bonchev–Trinajstić information content (AvgIpc) is 2.73. The molecule has 84 valence electrons. The smallest absolute Gasteiger partial charge is 0.355 e. The van der Waals surface area contributed by atoms with Gasteiger partial charge in [-0.15, -0.1) is 0 Å². The van der Waals surface area contributed by atoms with Gasteiger partial charge in [0.25, 0.3) is 0 Å². The molecule has 0 unspecified atom stereocenters. The van der Waals surface area contributed by atoms with Crippen LogP contribution in [0.4, 0.5) is 0 Å². The van der Waals surface area contributed by atoms with Crippen molar-refractivity contribution < 1.29 is 14.3 Å². The van der Waals surface area contributed by atoms with E-state index < -0.39 is 0 Å². The zero-order valence-corrected chi connectivity index (χ0v) is 8.90. The number of ether oxygens (including phenoxy) is 2. The van der Waals surface area contributed by atoms with Crippen LogP contribution in [-0.4, -0.2) is 36.3 Å². The summed E-state index contributed by atoms with van der Waals surface area (Å²) in [6.07, 6.45) is 5.06. The Morgan fingerprint density at radius 1 is 1.50 bits per heavy atom. The van der Waals surface area contributed by atoms with Crippen molar-refractivity contribution in [3.05, 3.63) is 30.4 Å². The van der Waals surface area contributed by atoms with E-state index in [1.54, 1.807) is 31.8 Å². The fraction of sp³-hybridized carbons (Fsp3) is 0.273.